The summed E-state index contributed by atoms with van der Waals surface area (Å²) in [7, 11) is 0. The SMILES string of the molecule is CCOc1cc(C)c(C(=O)Nc2ccc(C(N)=O)cc2)cc1C. The first kappa shape index (κ1) is 16.5. The molecule has 3 N–H and O–H groups in total. The first-order valence-corrected chi connectivity index (χ1v) is 7.37. The lowest BCUT2D eigenvalue weighted by atomic mass is 10.0. The molecule has 0 aliphatic heterocycles. The molecule has 2 aromatic carbocycles. The van der Waals surface area contributed by atoms with Crippen LogP contribution < -0.4 is 15.8 Å². The van der Waals surface area contributed by atoms with Gasteiger partial charge in [0.15, 0.2) is 0 Å². The highest BCUT2D eigenvalue weighted by atomic mass is 16.5. The molecule has 2 rings (SSSR count). The second kappa shape index (κ2) is 6.96. The molecule has 0 radical (unpaired) electrons. The number of nitrogens with two attached hydrogens (primary N) is 1. The van der Waals surface area contributed by atoms with Gasteiger partial charge >= 0.3 is 0 Å². The summed E-state index contributed by atoms with van der Waals surface area (Å²) in [4.78, 5) is 23.5. The number of hydrogen-bond acceptors (Lipinski definition) is 3. The van der Waals surface area contributed by atoms with Crippen LogP contribution in [0.15, 0.2) is 36.4 Å². The summed E-state index contributed by atoms with van der Waals surface area (Å²) >= 11 is 0. The summed E-state index contributed by atoms with van der Waals surface area (Å²) in [5.41, 5.74) is 8.53. The van der Waals surface area contributed by atoms with Crippen molar-refractivity contribution >= 4 is 17.5 Å². The highest BCUT2D eigenvalue weighted by Crippen LogP contribution is 2.23. The number of hydrogen-bond donors (Lipinski definition) is 2. The van der Waals surface area contributed by atoms with E-state index in [1.807, 2.05) is 32.9 Å². The third-order valence-corrected chi connectivity index (χ3v) is 3.49. The quantitative estimate of drug-likeness (QED) is 0.890. The summed E-state index contributed by atoms with van der Waals surface area (Å²) in [6.45, 7) is 6.28. The van der Waals surface area contributed by atoms with Crippen LogP contribution >= 0.6 is 0 Å². The van der Waals surface area contributed by atoms with E-state index in [0.717, 1.165) is 16.9 Å². The Morgan fingerprint density at radius 3 is 2.30 bits per heavy atom. The van der Waals surface area contributed by atoms with Crippen molar-refractivity contribution in [1.29, 1.82) is 0 Å². The summed E-state index contributed by atoms with van der Waals surface area (Å²) in [5, 5.41) is 2.81. The minimum absolute atomic E-state index is 0.208. The zero-order chi connectivity index (χ0) is 17.0. The first-order chi connectivity index (χ1) is 10.9. The van der Waals surface area contributed by atoms with Gasteiger partial charge in [-0.2, -0.15) is 0 Å². The molecule has 0 bridgehead atoms. The minimum Gasteiger partial charge on any atom is -0.494 e. The van der Waals surface area contributed by atoms with Gasteiger partial charge in [0.05, 0.1) is 6.61 Å². The van der Waals surface area contributed by atoms with Crippen LogP contribution in [0.1, 0.15) is 38.8 Å². The van der Waals surface area contributed by atoms with Crippen LogP contribution in [0.3, 0.4) is 0 Å². The molecule has 5 heteroatoms. The molecule has 0 heterocycles. The van der Waals surface area contributed by atoms with E-state index in [9.17, 15) is 9.59 Å². The number of benzene rings is 2. The van der Waals surface area contributed by atoms with Crippen LogP contribution in [0.25, 0.3) is 0 Å². The van der Waals surface area contributed by atoms with Gasteiger partial charge in [-0.15, -0.1) is 0 Å². The van der Waals surface area contributed by atoms with Crippen molar-refractivity contribution in [2.75, 3.05) is 11.9 Å². The van der Waals surface area contributed by atoms with Crippen molar-refractivity contribution in [3.05, 3.63) is 58.7 Å². The van der Waals surface area contributed by atoms with Crippen molar-refractivity contribution < 1.29 is 14.3 Å². The average molecular weight is 312 g/mol. The highest BCUT2D eigenvalue weighted by Gasteiger charge is 2.13. The van der Waals surface area contributed by atoms with E-state index < -0.39 is 5.91 Å². The van der Waals surface area contributed by atoms with Gasteiger partial charge in [-0.25, -0.2) is 0 Å². The predicted molar refractivity (Wildman–Crippen MR) is 90.0 cm³/mol. The average Bonchev–Trinajstić information content (AvgIpc) is 2.51. The topological polar surface area (TPSA) is 81.4 Å². The number of amides is 2. The molecule has 0 spiro atoms. The molecule has 120 valence electrons. The van der Waals surface area contributed by atoms with E-state index >= 15 is 0 Å². The molecule has 0 aromatic heterocycles. The van der Waals surface area contributed by atoms with E-state index in [4.69, 9.17) is 10.5 Å². The Morgan fingerprint density at radius 2 is 1.74 bits per heavy atom. The molecule has 0 aliphatic rings. The molecule has 0 fully saturated rings. The van der Waals surface area contributed by atoms with E-state index in [1.165, 1.54) is 0 Å². The van der Waals surface area contributed by atoms with Crippen LogP contribution in [0.4, 0.5) is 5.69 Å². The normalized spacial score (nSPS) is 10.2. The second-order valence-corrected chi connectivity index (χ2v) is 5.26. The number of carbonyl (C=O) groups excluding carboxylic acids is 2. The summed E-state index contributed by atoms with van der Waals surface area (Å²) in [5.74, 6) is 0.0775. The first-order valence-electron chi connectivity index (χ1n) is 7.37. The Kier molecular flexibility index (Phi) is 5.01. The van der Waals surface area contributed by atoms with Crippen LogP contribution in [-0.4, -0.2) is 18.4 Å². The predicted octanol–water partition coefficient (Wildman–Crippen LogP) is 3.05. The fraction of sp³-hybridized carbons (Fsp3) is 0.222. The zero-order valence-electron chi connectivity index (χ0n) is 13.5. The summed E-state index contributed by atoms with van der Waals surface area (Å²) in [6, 6.07) is 10.1. The fourth-order valence-electron chi connectivity index (χ4n) is 2.26. The van der Waals surface area contributed by atoms with Gasteiger partial charge in [0.2, 0.25) is 5.91 Å². The van der Waals surface area contributed by atoms with Crippen LogP contribution in [-0.2, 0) is 0 Å². The van der Waals surface area contributed by atoms with Gasteiger partial charge < -0.3 is 15.8 Å². The number of rotatable bonds is 5. The van der Waals surface area contributed by atoms with E-state index in [-0.39, 0.29) is 5.91 Å². The number of carbonyl (C=O) groups is 2. The van der Waals surface area contributed by atoms with Crippen molar-refractivity contribution in [2.45, 2.75) is 20.8 Å². The maximum Gasteiger partial charge on any atom is 0.255 e. The fourth-order valence-corrected chi connectivity index (χ4v) is 2.26. The lowest BCUT2D eigenvalue weighted by molar-refractivity contribution is 0.0998. The number of primary amides is 1. The largest absolute Gasteiger partial charge is 0.494 e. The van der Waals surface area contributed by atoms with Crippen molar-refractivity contribution in [3.63, 3.8) is 0 Å². The maximum absolute atomic E-state index is 12.4. The molecular formula is C18H20N2O3. The van der Waals surface area contributed by atoms with E-state index in [2.05, 4.69) is 5.32 Å². The van der Waals surface area contributed by atoms with Crippen molar-refractivity contribution in [3.8, 4) is 5.75 Å². The second-order valence-electron chi connectivity index (χ2n) is 5.26. The molecule has 5 nitrogen and oxygen atoms in total. The van der Waals surface area contributed by atoms with Gasteiger partial charge in [-0.05, 0) is 68.3 Å². The molecule has 0 saturated carbocycles. The van der Waals surface area contributed by atoms with E-state index in [1.54, 1.807) is 24.3 Å². The lowest BCUT2D eigenvalue weighted by Crippen LogP contribution is -2.15. The lowest BCUT2D eigenvalue weighted by Gasteiger charge is -2.13. The summed E-state index contributed by atoms with van der Waals surface area (Å²) < 4.78 is 5.53. The Labute approximate surface area is 135 Å². The van der Waals surface area contributed by atoms with Gasteiger partial charge in [0.25, 0.3) is 5.91 Å². The van der Waals surface area contributed by atoms with Crippen LogP contribution in [0.5, 0.6) is 5.75 Å². The number of anilines is 1. The Balaban J connectivity index is 2.20. The molecule has 0 unspecified atom stereocenters. The number of ether oxygens (including phenoxy) is 1. The monoisotopic (exact) mass is 312 g/mol. The Bertz CT molecular complexity index is 737. The number of nitrogens with one attached hydrogen (secondary N) is 1. The highest BCUT2D eigenvalue weighted by molar-refractivity contribution is 6.05. The maximum atomic E-state index is 12.4. The third kappa shape index (κ3) is 3.88. The minimum atomic E-state index is -0.499. The molecule has 23 heavy (non-hydrogen) atoms. The molecule has 2 amide bonds. The standard InChI is InChI=1S/C18H20N2O3/c1-4-23-16-10-11(2)15(9-12(16)3)18(22)20-14-7-5-13(6-8-14)17(19)21/h5-10H,4H2,1-3H3,(H2,19,21)(H,20,22). The van der Waals surface area contributed by atoms with Gasteiger partial charge in [0, 0.05) is 16.8 Å². The van der Waals surface area contributed by atoms with E-state index in [0.29, 0.717) is 23.4 Å². The molecular weight excluding hydrogens is 292 g/mol. The molecule has 0 aliphatic carbocycles. The zero-order valence-corrected chi connectivity index (χ0v) is 13.5. The Hall–Kier alpha value is -2.82. The van der Waals surface area contributed by atoms with Crippen LogP contribution in [0.2, 0.25) is 0 Å². The van der Waals surface area contributed by atoms with Crippen molar-refractivity contribution in [2.24, 2.45) is 5.73 Å². The van der Waals surface area contributed by atoms with Crippen LogP contribution in [0, 0.1) is 13.8 Å². The Morgan fingerprint density at radius 1 is 1.09 bits per heavy atom. The van der Waals surface area contributed by atoms with Gasteiger partial charge in [0.1, 0.15) is 5.75 Å². The summed E-state index contributed by atoms with van der Waals surface area (Å²) in [6.07, 6.45) is 0. The number of aryl methyl sites for hydroxylation is 2. The molecule has 2 aromatic rings. The smallest absolute Gasteiger partial charge is 0.255 e. The van der Waals surface area contributed by atoms with Gasteiger partial charge in [-0.3, -0.25) is 9.59 Å². The van der Waals surface area contributed by atoms with Crippen molar-refractivity contribution in [1.82, 2.24) is 0 Å². The third-order valence-electron chi connectivity index (χ3n) is 3.49. The molecule has 0 saturated heterocycles. The van der Waals surface area contributed by atoms with Gasteiger partial charge in [-0.1, -0.05) is 0 Å². The molecule has 0 atom stereocenters.